The number of aliphatic hydroxyl groups excluding tert-OH is 3. The first-order valence-electron chi connectivity index (χ1n) is 11.2. The summed E-state index contributed by atoms with van der Waals surface area (Å²) in [6.45, 7) is -0.358. The van der Waals surface area contributed by atoms with Crippen molar-refractivity contribution >= 4 is 11.8 Å². The van der Waals surface area contributed by atoms with Crippen molar-refractivity contribution in [3.8, 4) is 11.1 Å². The Morgan fingerprint density at radius 3 is 2.26 bits per heavy atom. The Morgan fingerprint density at radius 1 is 1.03 bits per heavy atom. The van der Waals surface area contributed by atoms with Gasteiger partial charge in [-0.2, -0.15) is 0 Å². The van der Waals surface area contributed by atoms with Gasteiger partial charge in [-0.05, 0) is 46.4 Å². The molecule has 0 radical (unpaired) electrons. The molecule has 0 aromatic heterocycles. The number of hydrogen-bond acceptors (Lipinski definition) is 7. The number of benzene rings is 3. The third kappa shape index (κ3) is 5.17. The molecule has 0 heterocycles. The highest BCUT2D eigenvalue weighted by Gasteiger charge is 2.29. The highest BCUT2D eigenvalue weighted by Crippen LogP contribution is 2.44. The van der Waals surface area contributed by atoms with Gasteiger partial charge < -0.3 is 25.4 Å². The summed E-state index contributed by atoms with van der Waals surface area (Å²) in [5, 5.41) is 43.6. The highest BCUT2D eigenvalue weighted by molar-refractivity contribution is 5.79. The van der Waals surface area contributed by atoms with Crippen LogP contribution in [0.5, 0.6) is 0 Å². The fraction of sp³-hybridized carbons (Fsp3) is 0.269. The largest absolute Gasteiger partial charge is 0.449 e. The van der Waals surface area contributed by atoms with E-state index in [1.807, 2.05) is 36.4 Å². The van der Waals surface area contributed by atoms with Crippen molar-refractivity contribution in [3.05, 3.63) is 99.1 Å². The normalized spacial score (nSPS) is 14.0. The molecule has 4 N–H and O–H groups in total. The lowest BCUT2D eigenvalue weighted by Gasteiger charge is -2.19. The first-order chi connectivity index (χ1) is 16.9. The quantitative estimate of drug-likeness (QED) is 0.273. The van der Waals surface area contributed by atoms with Crippen LogP contribution in [0.15, 0.2) is 66.7 Å². The van der Waals surface area contributed by atoms with Gasteiger partial charge in [0.05, 0.1) is 23.2 Å². The van der Waals surface area contributed by atoms with Crippen molar-refractivity contribution in [2.45, 2.75) is 31.2 Å². The molecule has 4 rings (SSSR count). The zero-order valence-corrected chi connectivity index (χ0v) is 18.8. The van der Waals surface area contributed by atoms with Crippen molar-refractivity contribution in [2.24, 2.45) is 0 Å². The summed E-state index contributed by atoms with van der Waals surface area (Å²) < 4.78 is 5.45. The first kappa shape index (κ1) is 24.3. The maximum absolute atomic E-state index is 12.3. The van der Waals surface area contributed by atoms with Crippen LogP contribution in [0.25, 0.3) is 11.1 Å². The lowest BCUT2D eigenvalue weighted by molar-refractivity contribution is -0.385. The summed E-state index contributed by atoms with van der Waals surface area (Å²) in [6.07, 6.45) is -3.19. The van der Waals surface area contributed by atoms with Gasteiger partial charge in [-0.25, -0.2) is 4.79 Å². The molecule has 2 unspecified atom stereocenters. The van der Waals surface area contributed by atoms with Gasteiger partial charge in [-0.3, -0.25) is 10.1 Å². The number of rotatable bonds is 9. The lowest BCUT2D eigenvalue weighted by atomic mass is 9.98. The van der Waals surface area contributed by atoms with Gasteiger partial charge in [0.15, 0.2) is 0 Å². The Hall–Kier alpha value is -3.79. The molecule has 0 fully saturated rings. The number of carbonyl (C=O) groups is 1. The summed E-state index contributed by atoms with van der Waals surface area (Å²) in [5.74, 6) is -0.0663. The zero-order chi connectivity index (χ0) is 24.9. The van der Waals surface area contributed by atoms with E-state index in [-0.39, 0.29) is 42.3 Å². The summed E-state index contributed by atoms with van der Waals surface area (Å²) in [6, 6.07) is 19.8. The molecule has 1 amide bonds. The Kier molecular flexibility index (Phi) is 7.40. The van der Waals surface area contributed by atoms with E-state index in [9.17, 15) is 30.2 Å². The minimum Gasteiger partial charge on any atom is -0.449 e. The van der Waals surface area contributed by atoms with Gasteiger partial charge in [-0.15, -0.1) is 0 Å². The Labute approximate surface area is 201 Å². The molecule has 1 aliphatic rings. The van der Waals surface area contributed by atoms with Crippen molar-refractivity contribution < 1.29 is 29.8 Å². The number of ether oxygens (including phenoxy) is 1. The van der Waals surface area contributed by atoms with E-state index in [0.29, 0.717) is 0 Å². The fourth-order valence-electron chi connectivity index (χ4n) is 4.45. The summed E-state index contributed by atoms with van der Waals surface area (Å²) in [7, 11) is 0. The second kappa shape index (κ2) is 10.6. The molecule has 0 spiro atoms. The van der Waals surface area contributed by atoms with E-state index in [2.05, 4.69) is 17.4 Å². The molecule has 9 heteroatoms. The first-order valence-corrected chi connectivity index (χ1v) is 11.2. The number of carbonyl (C=O) groups excluding carboxylic acids is 1. The molecular weight excluding hydrogens is 452 g/mol. The smallest absolute Gasteiger partial charge is 0.407 e. The van der Waals surface area contributed by atoms with Crippen LogP contribution in [-0.4, -0.2) is 45.6 Å². The predicted octanol–water partition coefficient (Wildman–Crippen LogP) is 3.41. The van der Waals surface area contributed by atoms with Crippen LogP contribution in [0.3, 0.4) is 0 Å². The molecule has 9 nitrogen and oxygen atoms in total. The Bertz CT molecular complexity index is 1180. The van der Waals surface area contributed by atoms with Gasteiger partial charge in [0.1, 0.15) is 12.7 Å². The number of aliphatic hydroxyl groups is 3. The predicted molar refractivity (Wildman–Crippen MR) is 128 cm³/mol. The molecular formula is C26H26N2O7. The average Bonchev–Trinajstić information content (AvgIpc) is 3.20. The molecule has 0 aliphatic heterocycles. The molecule has 0 saturated carbocycles. The highest BCUT2D eigenvalue weighted by atomic mass is 16.6. The molecule has 3 aromatic rings. The number of hydrogen-bond donors (Lipinski definition) is 4. The van der Waals surface area contributed by atoms with E-state index in [1.165, 1.54) is 18.2 Å². The van der Waals surface area contributed by atoms with Gasteiger partial charge in [0, 0.05) is 18.5 Å². The van der Waals surface area contributed by atoms with Gasteiger partial charge in [-0.1, -0.05) is 48.5 Å². The Morgan fingerprint density at radius 2 is 1.66 bits per heavy atom. The molecule has 1 aliphatic carbocycles. The molecule has 0 saturated heterocycles. The zero-order valence-electron chi connectivity index (χ0n) is 18.8. The third-order valence-electron chi connectivity index (χ3n) is 6.23. The van der Waals surface area contributed by atoms with Crippen molar-refractivity contribution in [2.75, 3.05) is 13.2 Å². The number of amides is 1. The summed E-state index contributed by atoms with van der Waals surface area (Å²) in [5.41, 5.74) is 4.46. The van der Waals surface area contributed by atoms with E-state index in [4.69, 9.17) is 4.74 Å². The molecule has 2 atom stereocenters. The van der Waals surface area contributed by atoms with Crippen molar-refractivity contribution in [1.29, 1.82) is 0 Å². The number of nitrogens with zero attached hydrogens (tertiary/aromatic N) is 1. The molecule has 182 valence electrons. The summed E-state index contributed by atoms with van der Waals surface area (Å²) >= 11 is 0. The molecule has 35 heavy (non-hydrogen) atoms. The maximum Gasteiger partial charge on any atom is 0.407 e. The summed E-state index contributed by atoms with van der Waals surface area (Å²) in [4.78, 5) is 22.6. The standard InChI is InChI=1S/C26H26N2O7/c29-14-17-13-16(9-10-23(17)28(33)34)25(31)24(30)11-12-27-26(32)35-15-22-20-7-3-1-5-18(20)19-6-2-4-8-21(19)22/h1-10,13,22,24-25,29-31H,11-12,14-15H2,(H,27,32). The SMILES string of the molecule is O=C(NCCC(O)C(O)c1ccc([N+](=O)[O-])c(CO)c1)OCC1c2ccccc2-c2ccccc21. The fourth-order valence-corrected chi connectivity index (χ4v) is 4.45. The maximum atomic E-state index is 12.3. The number of fused-ring (bicyclic) bond motifs is 3. The minimum atomic E-state index is -1.34. The van der Waals surface area contributed by atoms with Gasteiger partial charge in [0.2, 0.25) is 0 Å². The topological polar surface area (TPSA) is 142 Å². The Balaban J connectivity index is 1.29. The van der Waals surface area contributed by atoms with Crippen LogP contribution in [0.4, 0.5) is 10.5 Å². The minimum absolute atomic E-state index is 0.0246. The van der Waals surface area contributed by atoms with Crippen LogP contribution >= 0.6 is 0 Å². The van der Waals surface area contributed by atoms with E-state index in [0.717, 1.165) is 22.3 Å². The van der Waals surface area contributed by atoms with Crippen molar-refractivity contribution in [1.82, 2.24) is 5.32 Å². The van der Waals surface area contributed by atoms with Crippen LogP contribution in [-0.2, 0) is 11.3 Å². The molecule has 3 aromatic carbocycles. The second-order valence-electron chi connectivity index (χ2n) is 8.36. The van der Waals surface area contributed by atoms with Crippen molar-refractivity contribution in [3.63, 3.8) is 0 Å². The van der Waals surface area contributed by atoms with Crippen LogP contribution in [0, 0.1) is 10.1 Å². The van der Waals surface area contributed by atoms with E-state index in [1.54, 1.807) is 0 Å². The second-order valence-corrected chi connectivity index (χ2v) is 8.36. The van der Waals surface area contributed by atoms with E-state index >= 15 is 0 Å². The molecule has 0 bridgehead atoms. The number of nitro benzene ring substituents is 1. The van der Waals surface area contributed by atoms with E-state index < -0.39 is 29.8 Å². The van der Waals surface area contributed by atoms with Crippen LogP contribution < -0.4 is 5.32 Å². The monoisotopic (exact) mass is 478 g/mol. The third-order valence-corrected chi connectivity index (χ3v) is 6.23. The number of nitrogens with one attached hydrogen (secondary N) is 1. The lowest BCUT2D eigenvalue weighted by Crippen LogP contribution is -2.30. The average molecular weight is 479 g/mol. The van der Waals surface area contributed by atoms with Crippen LogP contribution in [0.1, 0.15) is 40.7 Å². The van der Waals surface area contributed by atoms with Gasteiger partial charge >= 0.3 is 6.09 Å². The van der Waals surface area contributed by atoms with Gasteiger partial charge in [0.25, 0.3) is 5.69 Å². The number of nitro groups is 1. The number of alkyl carbamates (subject to hydrolysis) is 1. The van der Waals surface area contributed by atoms with Crippen LogP contribution in [0.2, 0.25) is 0 Å².